The maximum atomic E-state index is 5.52. The molecule has 114 valence electrons. The average Bonchev–Trinajstić information content (AvgIpc) is 2.47. The highest BCUT2D eigenvalue weighted by Gasteiger charge is 2.14. The average molecular weight is 344 g/mol. The summed E-state index contributed by atoms with van der Waals surface area (Å²) in [6, 6.07) is 4.65. The van der Waals surface area contributed by atoms with Gasteiger partial charge in [0.2, 0.25) is 0 Å². The lowest BCUT2D eigenvalue weighted by atomic mass is 10.0. The van der Waals surface area contributed by atoms with Crippen molar-refractivity contribution in [3.05, 3.63) is 22.2 Å². The molecule has 0 radical (unpaired) electrons. The molecule has 1 aromatic rings. The topological polar surface area (TPSA) is 30.5 Å². The zero-order valence-electron chi connectivity index (χ0n) is 13.0. The number of rotatable bonds is 9. The molecule has 4 heteroatoms. The van der Waals surface area contributed by atoms with E-state index < -0.39 is 0 Å². The number of hydrogen-bond acceptors (Lipinski definition) is 3. The van der Waals surface area contributed by atoms with Gasteiger partial charge in [-0.3, -0.25) is 0 Å². The Balaban J connectivity index is 2.74. The van der Waals surface area contributed by atoms with E-state index in [2.05, 4.69) is 41.2 Å². The van der Waals surface area contributed by atoms with Crippen LogP contribution in [0.4, 0.5) is 0 Å². The van der Waals surface area contributed by atoms with Gasteiger partial charge in [-0.1, -0.05) is 19.9 Å². The van der Waals surface area contributed by atoms with Crippen LogP contribution in [-0.2, 0) is 6.42 Å². The van der Waals surface area contributed by atoms with Crippen LogP contribution >= 0.6 is 15.9 Å². The lowest BCUT2D eigenvalue weighted by molar-refractivity contribution is 0.384. The molecule has 0 spiro atoms. The van der Waals surface area contributed by atoms with Crippen LogP contribution in [0.2, 0.25) is 0 Å². The van der Waals surface area contributed by atoms with Gasteiger partial charge in [-0.05, 0) is 59.8 Å². The summed E-state index contributed by atoms with van der Waals surface area (Å²) in [6.07, 6.45) is 4.44. The second kappa shape index (κ2) is 9.24. The number of nitrogens with one attached hydrogen (secondary N) is 1. The van der Waals surface area contributed by atoms with E-state index in [1.165, 1.54) is 12.0 Å². The summed E-state index contributed by atoms with van der Waals surface area (Å²) in [5, 5.41) is 3.59. The van der Waals surface area contributed by atoms with Gasteiger partial charge >= 0.3 is 0 Å². The Bertz CT molecular complexity index is 410. The van der Waals surface area contributed by atoms with E-state index in [0.29, 0.717) is 6.04 Å². The van der Waals surface area contributed by atoms with Crippen LogP contribution in [0, 0.1) is 0 Å². The van der Waals surface area contributed by atoms with Crippen molar-refractivity contribution in [2.75, 3.05) is 20.8 Å². The van der Waals surface area contributed by atoms with Crippen LogP contribution in [0.1, 0.15) is 38.7 Å². The highest BCUT2D eigenvalue weighted by molar-refractivity contribution is 9.10. The highest BCUT2D eigenvalue weighted by Crippen LogP contribution is 2.37. The molecular formula is C16H26BrNO2. The van der Waals surface area contributed by atoms with E-state index in [0.717, 1.165) is 41.8 Å². The molecule has 0 heterocycles. The van der Waals surface area contributed by atoms with Crippen molar-refractivity contribution >= 4 is 15.9 Å². The van der Waals surface area contributed by atoms with Crippen LogP contribution in [0.3, 0.4) is 0 Å². The number of halogens is 1. The summed E-state index contributed by atoms with van der Waals surface area (Å²) in [5.41, 5.74) is 1.22. The summed E-state index contributed by atoms with van der Waals surface area (Å²) >= 11 is 3.55. The third kappa shape index (κ3) is 4.67. The largest absolute Gasteiger partial charge is 0.495 e. The van der Waals surface area contributed by atoms with E-state index in [1.807, 2.05) is 6.07 Å². The van der Waals surface area contributed by atoms with Gasteiger partial charge in [0.25, 0.3) is 0 Å². The molecule has 3 nitrogen and oxygen atoms in total. The van der Waals surface area contributed by atoms with Gasteiger partial charge in [0.15, 0.2) is 0 Å². The summed E-state index contributed by atoms with van der Waals surface area (Å²) in [5.74, 6) is 1.69. The van der Waals surface area contributed by atoms with Gasteiger partial charge in [0, 0.05) is 6.04 Å². The van der Waals surface area contributed by atoms with E-state index in [-0.39, 0.29) is 0 Å². The second-order valence-corrected chi connectivity index (χ2v) is 5.67. The van der Waals surface area contributed by atoms with Crippen LogP contribution < -0.4 is 14.8 Å². The van der Waals surface area contributed by atoms with Crippen LogP contribution in [0.15, 0.2) is 16.6 Å². The van der Waals surface area contributed by atoms with E-state index >= 15 is 0 Å². The van der Waals surface area contributed by atoms with Crippen molar-refractivity contribution in [3.63, 3.8) is 0 Å². The Kier molecular flexibility index (Phi) is 8.00. The van der Waals surface area contributed by atoms with Gasteiger partial charge in [0.1, 0.15) is 16.0 Å². The number of ether oxygens (including phenoxy) is 2. The predicted molar refractivity (Wildman–Crippen MR) is 87.9 cm³/mol. The molecule has 20 heavy (non-hydrogen) atoms. The standard InChI is InChI=1S/C16H26BrNO2/c1-5-11-18-13(6-2)9-7-12-8-10-14(19-3)15(17)16(12)20-4/h8,10,13,18H,5-7,9,11H2,1-4H3. The maximum Gasteiger partial charge on any atom is 0.139 e. The lowest BCUT2D eigenvalue weighted by Gasteiger charge is -2.18. The van der Waals surface area contributed by atoms with Crippen molar-refractivity contribution in [1.82, 2.24) is 5.32 Å². The normalized spacial score (nSPS) is 12.2. The molecule has 1 unspecified atom stereocenters. The fourth-order valence-corrected chi connectivity index (χ4v) is 2.99. The fraction of sp³-hybridized carbons (Fsp3) is 0.625. The molecule has 0 saturated heterocycles. The van der Waals surface area contributed by atoms with Crippen LogP contribution in [0.5, 0.6) is 11.5 Å². The molecule has 0 aliphatic carbocycles. The third-order valence-corrected chi connectivity index (χ3v) is 4.26. The van der Waals surface area contributed by atoms with Gasteiger partial charge in [0.05, 0.1) is 14.2 Å². The monoisotopic (exact) mass is 343 g/mol. The highest BCUT2D eigenvalue weighted by atomic mass is 79.9. The Morgan fingerprint density at radius 3 is 2.50 bits per heavy atom. The Labute approximate surface area is 131 Å². The van der Waals surface area contributed by atoms with Crippen LogP contribution in [-0.4, -0.2) is 26.8 Å². The first kappa shape index (κ1) is 17.3. The van der Waals surface area contributed by atoms with Gasteiger partial charge < -0.3 is 14.8 Å². The van der Waals surface area contributed by atoms with Crippen LogP contribution in [0.25, 0.3) is 0 Å². The van der Waals surface area contributed by atoms with Gasteiger partial charge in [-0.2, -0.15) is 0 Å². The quantitative estimate of drug-likeness (QED) is 0.729. The molecule has 0 fully saturated rings. The number of methoxy groups -OCH3 is 2. The maximum absolute atomic E-state index is 5.52. The van der Waals surface area contributed by atoms with Crippen molar-refractivity contribution in [1.29, 1.82) is 0 Å². The van der Waals surface area contributed by atoms with Crippen molar-refractivity contribution < 1.29 is 9.47 Å². The molecule has 0 aliphatic heterocycles. The SMILES string of the molecule is CCCNC(CC)CCc1ccc(OC)c(Br)c1OC. The summed E-state index contributed by atoms with van der Waals surface area (Å²) < 4.78 is 11.7. The van der Waals surface area contributed by atoms with Gasteiger partial charge in [-0.25, -0.2) is 0 Å². The molecule has 1 aromatic carbocycles. The smallest absolute Gasteiger partial charge is 0.139 e. The Hall–Kier alpha value is -0.740. The molecule has 0 amide bonds. The molecule has 0 aliphatic rings. The zero-order chi connectivity index (χ0) is 15.0. The molecular weight excluding hydrogens is 318 g/mol. The minimum Gasteiger partial charge on any atom is -0.495 e. The molecule has 1 N–H and O–H groups in total. The lowest BCUT2D eigenvalue weighted by Crippen LogP contribution is -2.29. The van der Waals surface area contributed by atoms with E-state index in [9.17, 15) is 0 Å². The van der Waals surface area contributed by atoms with E-state index in [1.54, 1.807) is 14.2 Å². The minimum absolute atomic E-state index is 0.570. The first-order chi connectivity index (χ1) is 9.67. The molecule has 0 saturated carbocycles. The second-order valence-electron chi connectivity index (χ2n) is 4.87. The number of hydrogen-bond donors (Lipinski definition) is 1. The summed E-state index contributed by atoms with van der Waals surface area (Å²) in [4.78, 5) is 0. The minimum atomic E-state index is 0.570. The first-order valence-electron chi connectivity index (χ1n) is 7.30. The Morgan fingerprint density at radius 1 is 1.20 bits per heavy atom. The molecule has 1 rings (SSSR count). The molecule has 1 atom stereocenters. The number of aryl methyl sites for hydroxylation is 1. The van der Waals surface area contributed by atoms with Crippen molar-refractivity contribution in [2.24, 2.45) is 0 Å². The summed E-state index contributed by atoms with van der Waals surface area (Å²) in [6.45, 7) is 5.51. The predicted octanol–water partition coefficient (Wildman–Crippen LogP) is 4.18. The zero-order valence-corrected chi connectivity index (χ0v) is 14.5. The third-order valence-electron chi connectivity index (χ3n) is 3.51. The molecule has 0 bridgehead atoms. The Morgan fingerprint density at radius 2 is 1.95 bits per heavy atom. The first-order valence-corrected chi connectivity index (χ1v) is 8.09. The fourth-order valence-electron chi connectivity index (χ4n) is 2.28. The van der Waals surface area contributed by atoms with E-state index in [4.69, 9.17) is 9.47 Å². The van der Waals surface area contributed by atoms with Gasteiger partial charge in [-0.15, -0.1) is 0 Å². The molecule has 0 aromatic heterocycles. The van der Waals surface area contributed by atoms with Crippen molar-refractivity contribution in [3.8, 4) is 11.5 Å². The van der Waals surface area contributed by atoms with Crippen molar-refractivity contribution in [2.45, 2.75) is 45.6 Å². The summed E-state index contributed by atoms with van der Waals surface area (Å²) in [7, 11) is 3.37. The number of benzene rings is 1.